The Balaban J connectivity index is 2.53. The van der Waals surface area contributed by atoms with Gasteiger partial charge in [0.1, 0.15) is 0 Å². The van der Waals surface area contributed by atoms with E-state index in [-0.39, 0.29) is 11.9 Å². The molecule has 3 nitrogen and oxygen atoms in total. The van der Waals surface area contributed by atoms with E-state index in [4.69, 9.17) is 0 Å². The van der Waals surface area contributed by atoms with Gasteiger partial charge in [0, 0.05) is 25.2 Å². The maximum absolute atomic E-state index is 11.6. The van der Waals surface area contributed by atoms with Crippen molar-refractivity contribution in [2.75, 3.05) is 7.05 Å². The molecule has 1 aromatic rings. The maximum Gasteiger partial charge on any atom is 0.225 e. The molecule has 0 heterocycles. The minimum atomic E-state index is 0.0385. The summed E-state index contributed by atoms with van der Waals surface area (Å²) in [5, 5.41) is 2.87. The second-order valence-corrected chi connectivity index (χ2v) is 4.35. The summed E-state index contributed by atoms with van der Waals surface area (Å²) in [5.74, 6) is 0.0385. The molecular formula is C14H20N2O. The third kappa shape index (κ3) is 5.29. The standard InChI is InChI=1S/C14H20N2O/c1-11(2)16-14(17)10-13(15-3)9-12-7-5-4-6-8-12/h4-8,11H,9-10H2,1-3H3,(H,16,17)/b15-13+. The lowest BCUT2D eigenvalue weighted by molar-refractivity contribution is -0.120. The van der Waals surface area contributed by atoms with Crippen LogP contribution in [0.2, 0.25) is 0 Å². The SMILES string of the molecule is C/N=C(/CC(=O)NC(C)C)Cc1ccccc1. The summed E-state index contributed by atoms with van der Waals surface area (Å²) in [7, 11) is 1.74. The Labute approximate surface area is 103 Å². The van der Waals surface area contributed by atoms with Crippen molar-refractivity contribution in [3.8, 4) is 0 Å². The molecule has 0 radical (unpaired) electrons. The summed E-state index contributed by atoms with van der Waals surface area (Å²) in [6.45, 7) is 3.91. The lowest BCUT2D eigenvalue weighted by Gasteiger charge is -2.09. The molecule has 0 aromatic heterocycles. The number of benzene rings is 1. The van der Waals surface area contributed by atoms with E-state index in [0.29, 0.717) is 6.42 Å². The van der Waals surface area contributed by atoms with Crippen LogP contribution in [-0.4, -0.2) is 24.7 Å². The van der Waals surface area contributed by atoms with Crippen molar-refractivity contribution in [2.45, 2.75) is 32.7 Å². The number of nitrogens with one attached hydrogen (secondary N) is 1. The molecule has 17 heavy (non-hydrogen) atoms. The van der Waals surface area contributed by atoms with Gasteiger partial charge in [0.2, 0.25) is 5.91 Å². The van der Waals surface area contributed by atoms with Gasteiger partial charge in [-0.25, -0.2) is 0 Å². The van der Waals surface area contributed by atoms with Crippen LogP contribution >= 0.6 is 0 Å². The highest BCUT2D eigenvalue weighted by atomic mass is 16.1. The molecule has 0 fully saturated rings. The zero-order valence-electron chi connectivity index (χ0n) is 10.7. The number of hydrogen-bond acceptors (Lipinski definition) is 2. The van der Waals surface area contributed by atoms with Crippen molar-refractivity contribution in [3.63, 3.8) is 0 Å². The van der Waals surface area contributed by atoms with E-state index in [9.17, 15) is 4.79 Å². The lowest BCUT2D eigenvalue weighted by Crippen LogP contribution is -2.32. The van der Waals surface area contributed by atoms with Crippen LogP contribution in [0.25, 0.3) is 0 Å². The smallest absolute Gasteiger partial charge is 0.225 e. The topological polar surface area (TPSA) is 41.5 Å². The van der Waals surface area contributed by atoms with Crippen molar-refractivity contribution in [1.82, 2.24) is 5.32 Å². The minimum absolute atomic E-state index is 0.0385. The molecule has 0 saturated carbocycles. The van der Waals surface area contributed by atoms with E-state index in [2.05, 4.69) is 10.3 Å². The predicted octanol–water partition coefficient (Wildman–Crippen LogP) is 2.21. The number of hydrogen-bond donors (Lipinski definition) is 1. The van der Waals surface area contributed by atoms with Gasteiger partial charge in [0.25, 0.3) is 0 Å². The van der Waals surface area contributed by atoms with Crippen LogP contribution in [-0.2, 0) is 11.2 Å². The summed E-state index contributed by atoms with van der Waals surface area (Å²) in [5.41, 5.74) is 2.10. The van der Waals surface area contributed by atoms with E-state index in [1.807, 2.05) is 44.2 Å². The second kappa shape index (κ2) is 6.84. The average molecular weight is 232 g/mol. The highest BCUT2D eigenvalue weighted by Gasteiger charge is 2.08. The molecule has 1 rings (SSSR count). The summed E-state index contributed by atoms with van der Waals surface area (Å²) < 4.78 is 0. The Morgan fingerprint density at radius 1 is 1.29 bits per heavy atom. The van der Waals surface area contributed by atoms with E-state index < -0.39 is 0 Å². The van der Waals surface area contributed by atoms with Crippen molar-refractivity contribution in [1.29, 1.82) is 0 Å². The van der Waals surface area contributed by atoms with Crippen LogP contribution in [0.4, 0.5) is 0 Å². The van der Waals surface area contributed by atoms with Crippen LogP contribution in [0.1, 0.15) is 25.8 Å². The van der Waals surface area contributed by atoms with Gasteiger partial charge in [-0.05, 0) is 19.4 Å². The summed E-state index contributed by atoms with van der Waals surface area (Å²) in [6, 6.07) is 10.2. The first kappa shape index (κ1) is 13.4. The Morgan fingerprint density at radius 3 is 2.47 bits per heavy atom. The highest BCUT2D eigenvalue weighted by Crippen LogP contribution is 2.03. The average Bonchev–Trinajstić information content (AvgIpc) is 2.28. The van der Waals surface area contributed by atoms with Gasteiger partial charge in [0.05, 0.1) is 6.42 Å². The van der Waals surface area contributed by atoms with E-state index in [1.54, 1.807) is 7.05 Å². The van der Waals surface area contributed by atoms with Crippen LogP contribution in [0.3, 0.4) is 0 Å². The molecule has 92 valence electrons. The number of nitrogens with zero attached hydrogens (tertiary/aromatic N) is 1. The fraction of sp³-hybridized carbons (Fsp3) is 0.429. The largest absolute Gasteiger partial charge is 0.354 e. The molecule has 1 amide bonds. The molecule has 3 heteroatoms. The fourth-order valence-corrected chi connectivity index (χ4v) is 1.61. The van der Waals surface area contributed by atoms with Gasteiger partial charge in [-0.3, -0.25) is 9.79 Å². The van der Waals surface area contributed by atoms with Crippen LogP contribution in [0.15, 0.2) is 35.3 Å². The normalized spacial score (nSPS) is 11.6. The first-order valence-corrected chi connectivity index (χ1v) is 5.89. The molecule has 0 bridgehead atoms. The summed E-state index contributed by atoms with van der Waals surface area (Å²) in [4.78, 5) is 15.8. The zero-order chi connectivity index (χ0) is 12.7. The van der Waals surface area contributed by atoms with Gasteiger partial charge in [-0.15, -0.1) is 0 Å². The Kier molecular flexibility index (Phi) is 5.40. The molecular weight excluding hydrogens is 212 g/mol. The Morgan fingerprint density at radius 2 is 1.94 bits per heavy atom. The zero-order valence-corrected chi connectivity index (χ0v) is 10.7. The van der Waals surface area contributed by atoms with Crippen molar-refractivity contribution < 1.29 is 4.79 Å². The van der Waals surface area contributed by atoms with E-state index in [1.165, 1.54) is 5.56 Å². The summed E-state index contributed by atoms with van der Waals surface area (Å²) in [6.07, 6.45) is 1.12. The van der Waals surface area contributed by atoms with Gasteiger partial charge in [0.15, 0.2) is 0 Å². The molecule has 0 saturated heterocycles. The lowest BCUT2D eigenvalue weighted by atomic mass is 10.1. The number of carbonyl (C=O) groups is 1. The summed E-state index contributed by atoms with van der Waals surface area (Å²) >= 11 is 0. The maximum atomic E-state index is 11.6. The number of rotatable bonds is 5. The Bertz CT molecular complexity index is 382. The number of aliphatic imine (C=N–C) groups is 1. The predicted molar refractivity (Wildman–Crippen MR) is 71.4 cm³/mol. The van der Waals surface area contributed by atoms with Gasteiger partial charge >= 0.3 is 0 Å². The molecule has 0 aliphatic rings. The monoisotopic (exact) mass is 232 g/mol. The van der Waals surface area contributed by atoms with Crippen LogP contribution < -0.4 is 5.32 Å². The van der Waals surface area contributed by atoms with Crippen molar-refractivity contribution in [3.05, 3.63) is 35.9 Å². The van der Waals surface area contributed by atoms with E-state index in [0.717, 1.165) is 12.1 Å². The third-order valence-electron chi connectivity index (χ3n) is 2.38. The van der Waals surface area contributed by atoms with Crippen molar-refractivity contribution >= 4 is 11.6 Å². The first-order valence-electron chi connectivity index (χ1n) is 5.89. The Hall–Kier alpha value is -1.64. The first-order chi connectivity index (χ1) is 8.11. The van der Waals surface area contributed by atoms with E-state index >= 15 is 0 Å². The van der Waals surface area contributed by atoms with Crippen molar-refractivity contribution in [2.24, 2.45) is 4.99 Å². The minimum Gasteiger partial charge on any atom is -0.354 e. The molecule has 1 aromatic carbocycles. The molecule has 0 spiro atoms. The quantitative estimate of drug-likeness (QED) is 0.777. The van der Waals surface area contributed by atoms with Crippen LogP contribution in [0.5, 0.6) is 0 Å². The second-order valence-electron chi connectivity index (χ2n) is 4.35. The van der Waals surface area contributed by atoms with Gasteiger partial charge in [-0.2, -0.15) is 0 Å². The molecule has 0 atom stereocenters. The highest BCUT2D eigenvalue weighted by molar-refractivity contribution is 6.01. The molecule has 1 N–H and O–H groups in total. The van der Waals surface area contributed by atoms with Crippen LogP contribution in [0, 0.1) is 0 Å². The fourth-order valence-electron chi connectivity index (χ4n) is 1.61. The molecule has 0 aliphatic heterocycles. The molecule has 0 unspecified atom stereocenters. The molecule has 0 aliphatic carbocycles. The van der Waals surface area contributed by atoms with Gasteiger partial charge in [-0.1, -0.05) is 30.3 Å². The number of carbonyl (C=O) groups excluding carboxylic acids is 1. The van der Waals surface area contributed by atoms with Gasteiger partial charge < -0.3 is 5.32 Å². The third-order valence-corrected chi connectivity index (χ3v) is 2.38. The number of amides is 1.